The largest absolute Gasteiger partial charge is 0.369 e. The summed E-state index contributed by atoms with van der Waals surface area (Å²) >= 11 is 0. The van der Waals surface area contributed by atoms with Gasteiger partial charge in [0.1, 0.15) is 0 Å². The van der Waals surface area contributed by atoms with E-state index in [0.29, 0.717) is 18.9 Å². The van der Waals surface area contributed by atoms with Crippen LogP contribution in [-0.4, -0.2) is 67.4 Å². The number of carbonyl (C=O) groups is 2. The molecule has 0 bridgehead atoms. The molecule has 2 heterocycles. The van der Waals surface area contributed by atoms with Crippen LogP contribution < -0.4 is 11.1 Å². The van der Waals surface area contributed by atoms with E-state index in [4.69, 9.17) is 5.73 Å². The highest BCUT2D eigenvalue weighted by Gasteiger charge is 2.21. The second-order valence-corrected chi connectivity index (χ2v) is 6.21. The van der Waals surface area contributed by atoms with Crippen molar-refractivity contribution in [3.63, 3.8) is 0 Å². The van der Waals surface area contributed by atoms with E-state index in [1.807, 2.05) is 9.80 Å². The monoisotopic (exact) mass is 296 g/mol. The Balaban J connectivity index is 1.70. The summed E-state index contributed by atoms with van der Waals surface area (Å²) in [6.07, 6.45) is 4.99. The number of nitrogens with zero attached hydrogens (tertiary/aromatic N) is 2. The Morgan fingerprint density at radius 1 is 1.10 bits per heavy atom. The van der Waals surface area contributed by atoms with Crippen LogP contribution in [0.4, 0.5) is 0 Å². The predicted octanol–water partition coefficient (Wildman–Crippen LogP) is -0.214. The van der Waals surface area contributed by atoms with E-state index in [2.05, 4.69) is 5.32 Å². The first-order valence-corrected chi connectivity index (χ1v) is 8.14. The fourth-order valence-corrected chi connectivity index (χ4v) is 3.25. The maximum absolute atomic E-state index is 12.3. The van der Waals surface area contributed by atoms with E-state index in [-0.39, 0.29) is 11.8 Å². The molecule has 6 heteroatoms. The molecule has 0 aromatic rings. The molecule has 0 spiro atoms. The summed E-state index contributed by atoms with van der Waals surface area (Å²) < 4.78 is 0. The average Bonchev–Trinajstić information content (AvgIpc) is 2.71. The average molecular weight is 296 g/mol. The lowest BCUT2D eigenvalue weighted by molar-refractivity contribution is -0.131. The van der Waals surface area contributed by atoms with Crippen LogP contribution in [0.25, 0.3) is 0 Å². The predicted molar refractivity (Wildman–Crippen MR) is 81.7 cm³/mol. The van der Waals surface area contributed by atoms with Gasteiger partial charge in [0.25, 0.3) is 0 Å². The highest BCUT2D eigenvalue weighted by atomic mass is 16.2. The molecule has 0 radical (unpaired) electrons. The van der Waals surface area contributed by atoms with Crippen LogP contribution >= 0.6 is 0 Å². The minimum absolute atomic E-state index is 0.273. The number of piperidine rings is 1. The Morgan fingerprint density at radius 2 is 1.86 bits per heavy atom. The van der Waals surface area contributed by atoms with Crippen molar-refractivity contribution in [1.82, 2.24) is 15.1 Å². The van der Waals surface area contributed by atoms with Gasteiger partial charge in [0, 0.05) is 32.6 Å². The molecule has 120 valence electrons. The van der Waals surface area contributed by atoms with Gasteiger partial charge in [-0.15, -0.1) is 0 Å². The van der Waals surface area contributed by atoms with Gasteiger partial charge in [0.2, 0.25) is 11.8 Å². The zero-order valence-electron chi connectivity index (χ0n) is 12.9. The molecule has 0 aromatic carbocycles. The highest BCUT2D eigenvalue weighted by Crippen LogP contribution is 2.18. The van der Waals surface area contributed by atoms with Crippen LogP contribution in [0.15, 0.2) is 0 Å². The van der Waals surface area contributed by atoms with Crippen molar-refractivity contribution in [3.05, 3.63) is 0 Å². The molecule has 0 saturated carbocycles. The summed E-state index contributed by atoms with van der Waals surface area (Å²) in [5.41, 5.74) is 5.23. The zero-order chi connectivity index (χ0) is 15.1. The van der Waals surface area contributed by atoms with E-state index in [0.717, 1.165) is 52.1 Å². The number of hydrogen-bond donors (Lipinski definition) is 2. The van der Waals surface area contributed by atoms with E-state index in [1.165, 1.54) is 12.8 Å². The van der Waals surface area contributed by atoms with Crippen molar-refractivity contribution in [2.75, 3.05) is 45.8 Å². The Hall–Kier alpha value is -1.14. The van der Waals surface area contributed by atoms with Crippen molar-refractivity contribution in [1.29, 1.82) is 0 Å². The summed E-state index contributed by atoms with van der Waals surface area (Å²) in [6, 6.07) is 0. The summed E-state index contributed by atoms with van der Waals surface area (Å²) in [5, 5.41) is 3.36. The normalized spacial score (nSPS) is 22.0. The van der Waals surface area contributed by atoms with Gasteiger partial charge in [-0.3, -0.25) is 14.5 Å². The lowest BCUT2D eigenvalue weighted by atomic mass is 9.93. The SMILES string of the molecule is NC(=O)CN1CCCN(C(=O)CCC2CCNCC2)CC1. The topological polar surface area (TPSA) is 78.7 Å². The van der Waals surface area contributed by atoms with Gasteiger partial charge in [-0.05, 0) is 44.7 Å². The number of nitrogens with two attached hydrogens (primary N) is 1. The van der Waals surface area contributed by atoms with Gasteiger partial charge in [0.15, 0.2) is 0 Å². The third-order valence-electron chi connectivity index (χ3n) is 4.55. The fraction of sp³-hybridized carbons (Fsp3) is 0.867. The van der Waals surface area contributed by atoms with E-state index >= 15 is 0 Å². The van der Waals surface area contributed by atoms with Gasteiger partial charge in [-0.25, -0.2) is 0 Å². The summed E-state index contributed by atoms with van der Waals surface area (Å²) in [7, 11) is 0. The van der Waals surface area contributed by atoms with Crippen LogP contribution in [0.1, 0.15) is 32.1 Å². The number of rotatable bonds is 5. The van der Waals surface area contributed by atoms with Gasteiger partial charge in [-0.1, -0.05) is 0 Å². The van der Waals surface area contributed by atoms with Crippen LogP contribution in [0.5, 0.6) is 0 Å². The fourth-order valence-electron chi connectivity index (χ4n) is 3.25. The molecule has 2 aliphatic rings. The number of primary amides is 1. The molecule has 0 aromatic heterocycles. The molecule has 2 saturated heterocycles. The first kappa shape index (κ1) is 16.2. The van der Waals surface area contributed by atoms with Crippen molar-refractivity contribution in [3.8, 4) is 0 Å². The molecule has 0 aliphatic carbocycles. The van der Waals surface area contributed by atoms with Crippen LogP contribution in [0.3, 0.4) is 0 Å². The van der Waals surface area contributed by atoms with Crippen molar-refractivity contribution >= 4 is 11.8 Å². The minimum Gasteiger partial charge on any atom is -0.369 e. The summed E-state index contributed by atoms with van der Waals surface area (Å²) in [5.74, 6) is 0.684. The molecular formula is C15H28N4O2. The van der Waals surface area contributed by atoms with E-state index < -0.39 is 0 Å². The summed E-state index contributed by atoms with van der Waals surface area (Å²) in [4.78, 5) is 27.3. The van der Waals surface area contributed by atoms with Gasteiger partial charge < -0.3 is 16.0 Å². The lowest BCUT2D eigenvalue weighted by Crippen LogP contribution is -2.38. The molecule has 0 unspecified atom stereocenters. The third-order valence-corrected chi connectivity index (χ3v) is 4.55. The molecule has 2 amide bonds. The molecule has 0 atom stereocenters. The van der Waals surface area contributed by atoms with Gasteiger partial charge in [0.05, 0.1) is 6.54 Å². The first-order valence-electron chi connectivity index (χ1n) is 8.14. The molecule has 2 fully saturated rings. The maximum atomic E-state index is 12.3. The maximum Gasteiger partial charge on any atom is 0.231 e. The molecule has 21 heavy (non-hydrogen) atoms. The first-order chi connectivity index (χ1) is 10.1. The van der Waals surface area contributed by atoms with Gasteiger partial charge >= 0.3 is 0 Å². The zero-order valence-corrected chi connectivity index (χ0v) is 12.9. The third kappa shape index (κ3) is 5.63. The smallest absolute Gasteiger partial charge is 0.231 e. The second-order valence-electron chi connectivity index (χ2n) is 6.21. The molecule has 2 aliphatic heterocycles. The van der Waals surface area contributed by atoms with Crippen LogP contribution in [-0.2, 0) is 9.59 Å². The standard InChI is InChI=1S/C15H28N4O2/c16-14(20)12-18-8-1-9-19(11-10-18)15(21)3-2-13-4-6-17-7-5-13/h13,17H,1-12H2,(H2,16,20). The molecule has 2 rings (SSSR count). The molecule has 6 nitrogen and oxygen atoms in total. The lowest BCUT2D eigenvalue weighted by Gasteiger charge is -2.25. The van der Waals surface area contributed by atoms with Crippen LogP contribution in [0, 0.1) is 5.92 Å². The van der Waals surface area contributed by atoms with Crippen molar-refractivity contribution in [2.45, 2.75) is 32.1 Å². The minimum atomic E-state index is -0.291. The molecular weight excluding hydrogens is 268 g/mol. The van der Waals surface area contributed by atoms with E-state index in [9.17, 15) is 9.59 Å². The number of nitrogens with one attached hydrogen (secondary N) is 1. The number of amides is 2. The Morgan fingerprint density at radius 3 is 2.57 bits per heavy atom. The number of carbonyl (C=O) groups excluding carboxylic acids is 2. The van der Waals surface area contributed by atoms with E-state index in [1.54, 1.807) is 0 Å². The van der Waals surface area contributed by atoms with Crippen molar-refractivity contribution in [2.24, 2.45) is 11.7 Å². The Bertz CT molecular complexity index is 356. The van der Waals surface area contributed by atoms with Gasteiger partial charge in [-0.2, -0.15) is 0 Å². The Kier molecular flexibility index (Phi) is 6.45. The Labute approximate surface area is 127 Å². The molecule has 3 N–H and O–H groups in total. The number of hydrogen-bond acceptors (Lipinski definition) is 4. The summed E-state index contributed by atoms with van der Waals surface area (Å²) in [6.45, 7) is 5.61. The highest BCUT2D eigenvalue weighted by molar-refractivity contribution is 5.76. The van der Waals surface area contributed by atoms with Crippen molar-refractivity contribution < 1.29 is 9.59 Å². The van der Waals surface area contributed by atoms with Crippen LogP contribution in [0.2, 0.25) is 0 Å². The quantitative estimate of drug-likeness (QED) is 0.735. The second kappa shape index (κ2) is 8.34.